The molecule has 1 heterocycles. The maximum absolute atomic E-state index is 11.2. The first kappa shape index (κ1) is 10.9. The van der Waals surface area contributed by atoms with Crippen LogP contribution in [-0.4, -0.2) is 42.2 Å². The van der Waals surface area contributed by atoms with E-state index >= 15 is 0 Å². The fourth-order valence-corrected chi connectivity index (χ4v) is 1.69. The molecular formula is C9H18N2OS. The van der Waals surface area contributed by atoms with E-state index in [1.54, 1.807) is 6.92 Å². The quantitative estimate of drug-likeness (QED) is 0.654. The number of hydrogen-bond acceptors (Lipinski definition) is 3. The molecule has 0 aromatic carbocycles. The van der Waals surface area contributed by atoms with Crippen LogP contribution in [0.3, 0.4) is 0 Å². The second-order valence-electron chi connectivity index (χ2n) is 3.70. The van der Waals surface area contributed by atoms with Gasteiger partial charge in [0.05, 0.1) is 5.25 Å². The highest BCUT2D eigenvalue weighted by atomic mass is 32.1. The van der Waals surface area contributed by atoms with Gasteiger partial charge in [-0.25, -0.2) is 0 Å². The molecule has 0 aromatic heterocycles. The van der Waals surface area contributed by atoms with Crippen LogP contribution in [0.15, 0.2) is 0 Å². The SMILES string of the molecule is CC(S)C(=O)NCC1CCCN1C. The van der Waals surface area contributed by atoms with Crippen LogP contribution in [0.2, 0.25) is 0 Å². The zero-order valence-corrected chi connectivity index (χ0v) is 9.18. The Kier molecular flexibility index (Phi) is 4.06. The molecule has 1 aliphatic rings. The van der Waals surface area contributed by atoms with Crippen LogP contribution in [0.25, 0.3) is 0 Å². The first-order valence-electron chi connectivity index (χ1n) is 4.77. The molecule has 0 bridgehead atoms. The second-order valence-corrected chi connectivity index (χ2v) is 4.47. The molecule has 1 saturated heterocycles. The molecule has 1 aliphatic heterocycles. The molecule has 4 heteroatoms. The van der Waals surface area contributed by atoms with E-state index in [4.69, 9.17) is 0 Å². The van der Waals surface area contributed by atoms with E-state index in [0.717, 1.165) is 13.1 Å². The van der Waals surface area contributed by atoms with Crippen LogP contribution >= 0.6 is 12.6 Å². The zero-order valence-electron chi connectivity index (χ0n) is 8.29. The van der Waals surface area contributed by atoms with Crippen molar-refractivity contribution in [1.82, 2.24) is 10.2 Å². The Balaban J connectivity index is 2.22. The van der Waals surface area contributed by atoms with E-state index in [-0.39, 0.29) is 11.2 Å². The topological polar surface area (TPSA) is 32.3 Å². The number of amides is 1. The van der Waals surface area contributed by atoms with Crippen molar-refractivity contribution in [3.63, 3.8) is 0 Å². The van der Waals surface area contributed by atoms with Crippen LogP contribution in [-0.2, 0) is 4.79 Å². The normalized spacial score (nSPS) is 25.9. The van der Waals surface area contributed by atoms with Gasteiger partial charge in [-0.3, -0.25) is 4.79 Å². The van der Waals surface area contributed by atoms with Gasteiger partial charge in [-0.15, -0.1) is 0 Å². The molecule has 1 amide bonds. The summed E-state index contributed by atoms with van der Waals surface area (Å²) in [7, 11) is 2.11. The van der Waals surface area contributed by atoms with Gasteiger partial charge in [0, 0.05) is 12.6 Å². The third-order valence-electron chi connectivity index (χ3n) is 2.56. The monoisotopic (exact) mass is 202 g/mol. The molecule has 2 atom stereocenters. The highest BCUT2D eigenvalue weighted by Crippen LogP contribution is 2.13. The van der Waals surface area contributed by atoms with Crippen molar-refractivity contribution >= 4 is 18.5 Å². The molecule has 76 valence electrons. The van der Waals surface area contributed by atoms with Crippen molar-refractivity contribution < 1.29 is 4.79 Å². The molecule has 1 rings (SSSR count). The summed E-state index contributed by atoms with van der Waals surface area (Å²) in [5.41, 5.74) is 0. The summed E-state index contributed by atoms with van der Waals surface area (Å²) in [5, 5.41) is 2.70. The van der Waals surface area contributed by atoms with Crippen LogP contribution in [0.4, 0.5) is 0 Å². The number of likely N-dealkylation sites (tertiary alicyclic amines) is 1. The fourth-order valence-electron chi connectivity index (χ4n) is 1.60. The van der Waals surface area contributed by atoms with Gasteiger partial charge in [0.15, 0.2) is 0 Å². The molecule has 3 nitrogen and oxygen atoms in total. The predicted molar refractivity (Wildman–Crippen MR) is 57.1 cm³/mol. The molecule has 1 N–H and O–H groups in total. The number of thiol groups is 1. The average molecular weight is 202 g/mol. The minimum absolute atomic E-state index is 0.0311. The number of carbonyl (C=O) groups excluding carboxylic acids is 1. The molecule has 2 unspecified atom stereocenters. The Morgan fingerprint density at radius 3 is 2.92 bits per heavy atom. The molecule has 1 fully saturated rings. The lowest BCUT2D eigenvalue weighted by atomic mass is 10.2. The van der Waals surface area contributed by atoms with Gasteiger partial charge in [0.2, 0.25) is 5.91 Å². The Bertz CT molecular complexity index is 184. The summed E-state index contributed by atoms with van der Waals surface area (Å²) in [5.74, 6) is 0.0311. The van der Waals surface area contributed by atoms with E-state index in [1.807, 2.05) is 0 Å². The van der Waals surface area contributed by atoms with Crippen LogP contribution in [0.5, 0.6) is 0 Å². The Morgan fingerprint density at radius 2 is 2.46 bits per heavy atom. The highest BCUT2D eigenvalue weighted by molar-refractivity contribution is 7.81. The lowest BCUT2D eigenvalue weighted by molar-refractivity contribution is -0.120. The van der Waals surface area contributed by atoms with Gasteiger partial charge in [-0.05, 0) is 33.4 Å². The van der Waals surface area contributed by atoms with Crippen LogP contribution in [0.1, 0.15) is 19.8 Å². The zero-order chi connectivity index (χ0) is 9.84. The fraction of sp³-hybridized carbons (Fsp3) is 0.889. The maximum Gasteiger partial charge on any atom is 0.232 e. The van der Waals surface area contributed by atoms with Gasteiger partial charge < -0.3 is 10.2 Å². The van der Waals surface area contributed by atoms with Crippen molar-refractivity contribution in [1.29, 1.82) is 0 Å². The number of nitrogens with zero attached hydrogens (tertiary/aromatic N) is 1. The average Bonchev–Trinajstić information content (AvgIpc) is 2.47. The molecule has 0 aliphatic carbocycles. The number of hydrogen-bond donors (Lipinski definition) is 2. The van der Waals surface area contributed by atoms with E-state index < -0.39 is 0 Å². The number of nitrogens with one attached hydrogen (secondary N) is 1. The first-order chi connectivity index (χ1) is 6.11. The van der Waals surface area contributed by atoms with Gasteiger partial charge >= 0.3 is 0 Å². The summed E-state index contributed by atoms with van der Waals surface area (Å²) < 4.78 is 0. The first-order valence-corrected chi connectivity index (χ1v) is 5.29. The van der Waals surface area contributed by atoms with Crippen LogP contribution < -0.4 is 5.32 Å². The van der Waals surface area contributed by atoms with Crippen LogP contribution in [0, 0.1) is 0 Å². The number of rotatable bonds is 3. The second kappa shape index (κ2) is 4.86. The number of carbonyl (C=O) groups is 1. The lowest BCUT2D eigenvalue weighted by Crippen LogP contribution is -2.40. The third kappa shape index (κ3) is 3.19. The molecule has 0 saturated carbocycles. The molecule has 0 spiro atoms. The van der Waals surface area contributed by atoms with Crippen molar-refractivity contribution in [2.45, 2.75) is 31.1 Å². The summed E-state index contributed by atoms with van der Waals surface area (Å²) in [6, 6.07) is 0.524. The van der Waals surface area contributed by atoms with Gasteiger partial charge in [0.25, 0.3) is 0 Å². The van der Waals surface area contributed by atoms with E-state index in [1.165, 1.54) is 12.8 Å². The Labute approximate surface area is 85.3 Å². The molecule has 0 aromatic rings. The minimum Gasteiger partial charge on any atom is -0.354 e. The van der Waals surface area contributed by atoms with E-state index in [9.17, 15) is 4.79 Å². The molecule has 0 radical (unpaired) electrons. The summed E-state index contributed by atoms with van der Waals surface area (Å²) in [4.78, 5) is 13.5. The Morgan fingerprint density at radius 1 is 1.77 bits per heavy atom. The maximum atomic E-state index is 11.2. The van der Waals surface area contributed by atoms with Crippen molar-refractivity contribution in [2.24, 2.45) is 0 Å². The predicted octanol–water partition coefficient (Wildman–Crippen LogP) is 0.515. The standard InChI is InChI=1S/C9H18N2OS/c1-7(13)9(12)10-6-8-4-3-5-11(8)2/h7-8,13H,3-6H2,1-2H3,(H,10,12). The van der Waals surface area contributed by atoms with Gasteiger partial charge in [0.1, 0.15) is 0 Å². The smallest absolute Gasteiger partial charge is 0.232 e. The summed E-state index contributed by atoms with van der Waals surface area (Å²) in [6.07, 6.45) is 2.44. The van der Waals surface area contributed by atoms with Gasteiger partial charge in [-0.2, -0.15) is 12.6 Å². The molecular weight excluding hydrogens is 184 g/mol. The largest absolute Gasteiger partial charge is 0.354 e. The van der Waals surface area contributed by atoms with Crippen molar-refractivity contribution in [3.05, 3.63) is 0 Å². The Hall–Kier alpha value is -0.220. The minimum atomic E-state index is -0.202. The van der Waals surface area contributed by atoms with Crippen molar-refractivity contribution in [3.8, 4) is 0 Å². The highest BCUT2D eigenvalue weighted by Gasteiger charge is 2.21. The van der Waals surface area contributed by atoms with Gasteiger partial charge in [-0.1, -0.05) is 0 Å². The van der Waals surface area contributed by atoms with E-state index in [0.29, 0.717) is 6.04 Å². The summed E-state index contributed by atoms with van der Waals surface area (Å²) >= 11 is 4.07. The third-order valence-corrected chi connectivity index (χ3v) is 2.80. The van der Waals surface area contributed by atoms with E-state index in [2.05, 4.69) is 29.9 Å². The number of likely N-dealkylation sites (N-methyl/N-ethyl adjacent to an activating group) is 1. The summed E-state index contributed by atoms with van der Waals surface area (Å²) in [6.45, 7) is 3.70. The molecule has 13 heavy (non-hydrogen) atoms. The lowest BCUT2D eigenvalue weighted by Gasteiger charge is -2.20. The van der Waals surface area contributed by atoms with Crippen molar-refractivity contribution in [2.75, 3.05) is 20.1 Å².